The van der Waals surface area contributed by atoms with Crippen molar-refractivity contribution in [1.82, 2.24) is 5.32 Å². The summed E-state index contributed by atoms with van der Waals surface area (Å²) in [5.74, 6) is 1.10. The van der Waals surface area contributed by atoms with Crippen LogP contribution in [0.1, 0.15) is 44.6 Å². The molecule has 0 fully saturated rings. The molecule has 1 atom stereocenters. The fourth-order valence-corrected chi connectivity index (χ4v) is 2.34. The van der Waals surface area contributed by atoms with E-state index in [-0.39, 0.29) is 5.82 Å². The van der Waals surface area contributed by atoms with Crippen molar-refractivity contribution < 1.29 is 4.39 Å². The van der Waals surface area contributed by atoms with Gasteiger partial charge in [-0.15, -0.1) is 0 Å². The molecule has 0 aliphatic heterocycles. The van der Waals surface area contributed by atoms with Gasteiger partial charge in [0.25, 0.3) is 0 Å². The Morgan fingerprint density at radius 1 is 1.12 bits per heavy atom. The minimum Gasteiger partial charge on any atom is -0.319 e. The zero-order valence-corrected chi connectivity index (χ0v) is 11.2. The van der Waals surface area contributed by atoms with Crippen LogP contribution >= 0.6 is 0 Å². The second-order valence-electron chi connectivity index (χ2n) is 4.72. The number of hydrogen-bond donors (Lipinski definition) is 1. The lowest BCUT2D eigenvalue weighted by Gasteiger charge is -2.22. The Balaban J connectivity index is 2.73. The highest BCUT2D eigenvalue weighted by molar-refractivity contribution is 5.21. The van der Waals surface area contributed by atoms with E-state index >= 15 is 0 Å². The van der Waals surface area contributed by atoms with Crippen LogP contribution in [0.2, 0.25) is 0 Å². The van der Waals surface area contributed by atoms with E-state index in [9.17, 15) is 4.39 Å². The fourth-order valence-electron chi connectivity index (χ4n) is 2.34. The molecule has 0 aromatic heterocycles. The third-order valence-corrected chi connectivity index (χ3v) is 3.56. The highest BCUT2D eigenvalue weighted by atomic mass is 19.1. The maximum atomic E-state index is 12.9. The van der Waals surface area contributed by atoms with Gasteiger partial charge in [-0.1, -0.05) is 38.8 Å². The normalized spacial score (nSPS) is 13.0. The summed E-state index contributed by atoms with van der Waals surface area (Å²) in [5, 5.41) is 3.24. The molecule has 1 rings (SSSR count). The van der Waals surface area contributed by atoms with Crippen LogP contribution in [-0.4, -0.2) is 13.6 Å². The predicted octanol–water partition coefficient (Wildman–Crippen LogP) is 3.96. The number of rotatable bonds is 7. The summed E-state index contributed by atoms with van der Waals surface area (Å²) in [6, 6.07) is 6.95. The van der Waals surface area contributed by atoms with Crippen molar-refractivity contribution in [1.29, 1.82) is 0 Å². The van der Waals surface area contributed by atoms with Crippen molar-refractivity contribution in [3.05, 3.63) is 35.6 Å². The van der Waals surface area contributed by atoms with Crippen molar-refractivity contribution >= 4 is 0 Å². The van der Waals surface area contributed by atoms with Crippen molar-refractivity contribution in [3.8, 4) is 0 Å². The summed E-state index contributed by atoms with van der Waals surface area (Å²) in [7, 11) is 1.98. The van der Waals surface area contributed by atoms with Crippen LogP contribution in [0.3, 0.4) is 0 Å². The van der Waals surface area contributed by atoms with Gasteiger partial charge in [-0.3, -0.25) is 0 Å². The topological polar surface area (TPSA) is 12.0 Å². The molecule has 1 N–H and O–H groups in total. The van der Waals surface area contributed by atoms with Crippen LogP contribution in [-0.2, 0) is 0 Å². The number of benzene rings is 1. The lowest BCUT2D eigenvalue weighted by Crippen LogP contribution is -2.19. The second-order valence-corrected chi connectivity index (χ2v) is 4.72. The fraction of sp³-hybridized carbons (Fsp3) is 0.600. The molecule has 96 valence electrons. The Kier molecular flexibility index (Phi) is 6.20. The largest absolute Gasteiger partial charge is 0.319 e. The molecule has 0 saturated heterocycles. The predicted molar refractivity (Wildman–Crippen MR) is 71.8 cm³/mol. The smallest absolute Gasteiger partial charge is 0.123 e. The van der Waals surface area contributed by atoms with E-state index < -0.39 is 0 Å². The molecule has 0 bridgehead atoms. The van der Waals surface area contributed by atoms with Crippen molar-refractivity contribution in [2.45, 2.75) is 39.0 Å². The molecular formula is C15H24FN. The Bertz CT molecular complexity index is 303. The molecule has 0 heterocycles. The van der Waals surface area contributed by atoms with Gasteiger partial charge in [0.2, 0.25) is 0 Å². The molecule has 0 radical (unpaired) electrons. The summed E-state index contributed by atoms with van der Waals surface area (Å²) in [5.41, 5.74) is 1.24. The summed E-state index contributed by atoms with van der Waals surface area (Å²) in [6.45, 7) is 5.45. The molecule has 1 unspecified atom stereocenters. The quantitative estimate of drug-likeness (QED) is 0.757. The first kappa shape index (κ1) is 14.2. The number of nitrogens with one attached hydrogen (secondary N) is 1. The highest BCUT2D eigenvalue weighted by Gasteiger charge is 2.15. The first-order valence-corrected chi connectivity index (χ1v) is 6.61. The van der Waals surface area contributed by atoms with E-state index in [1.54, 1.807) is 12.1 Å². The van der Waals surface area contributed by atoms with Gasteiger partial charge < -0.3 is 5.32 Å². The second kappa shape index (κ2) is 7.44. The zero-order valence-electron chi connectivity index (χ0n) is 11.2. The molecule has 17 heavy (non-hydrogen) atoms. The summed E-state index contributed by atoms with van der Waals surface area (Å²) >= 11 is 0. The van der Waals surface area contributed by atoms with Crippen LogP contribution in [0.15, 0.2) is 24.3 Å². The third kappa shape index (κ3) is 4.47. The number of halogens is 1. The van der Waals surface area contributed by atoms with Gasteiger partial charge in [-0.05, 0) is 43.0 Å². The van der Waals surface area contributed by atoms with Crippen LogP contribution < -0.4 is 5.32 Å². The standard InChI is InChI=1S/C15H24FN/c1-4-12(5-2)10-14(11-17-3)13-6-8-15(16)9-7-13/h6-9,12,14,17H,4-5,10-11H2,1-3H3. The van der Waals surface area contributed by atoms with Crippen molar-refractivity contribution in [2.24, 2.45) is 5.92 Å². The molecule has 0 spiro atoms. The minimum absolute atomic E-state index is 0.153. The van der Waals surface area contributed by atoms with E-state index in [1.165, 1.54) is 24.8 Å². The molecule has 1 nitrogen and oxygen atoms in total. The van der Waals surface area contributed by atoms with Gasteiger partial charge in [0.1, 0.15) is 5.82 Å². The van der Waals surface area contributed by atoms with Crippen LogP contribution in [0, 0.1) is 11.7 Å². The average Bonchev–Trinajstić information content (AvgIpc) is 2.35. The van der Waals surface area contributed by atoms with Gasteiger partial charge >= 0.3 is 0 Å². The van der Waals surface area contributed by atoms with E-state index in [0.717, 1.165) is 12.5 Å². The van der Waals surface area contributed by atoms with E-state index in [1.807, 2.05) is 19.2 Å². The van der Waals surface area contributed by atoms with Crippen LogP contribution in [0.25, 0.3) is 0 Å². The first-order chi connectivity index (χ1) is 8.21. The first-order valence-electron chi connectivity index (χ1n) is 6.61. The van der Waals surface area contributed by atoms with Crippen molar-refractivity contribution in [2.75, 3.05) is 13.6 Å². The summed E-state index contributed by atoms with van der Waals surface area (Å²) in [4.78, 5) is 0. The Hall–Kier alpha value is -0.890. The highest BCUT2D eigenvalue weighted by Crippen LogP contribution is 2.26. The van der Waals surface area contributed by atoms with Gasteiger partial charge in [-0.2, -0.15) is 0 Å². The molecule has 0 aliphatic rings. The Morgan fingerprint density at radius 3 is 2.18 bits per heavy atom. The van der Waals surface area contributed by atoms with Crippen LogP contribution in [0.5, 0.6) is 0 Å². The molecule has 1 aromatic rings. The zero-order chi connectivity index (χ0) is 12.7. The van der Waals surface area contributed by atoms with E-state index in [2.05, 4.69) is 19.2 Å². The maximum absolute atomic E-state index is 12.9. The molecular weight excluding hydrogens is 213 g/mol. The van der Waals surface area contributed by atoms with Gasteiger partial charge in [0, 0.05) is 6.54 Å². The van der Waals surface area contributed by atoms with Crippen molar-refractivity contribution in [3.63, 3.8) is 0 Å². The van der Waals surface area contributed by atoms with Gasteiger partial charge in [-0.25, -0.2) is 4.39 Å². The lowest BCUT2D eigenvalue weighted by molar-refractivity contribution is 0.403. The molecule has 0 saturated carbocycles. The Morgan fingerprint density at radius 2 is 1.71 bits per heavy atom. The molecule has 1 aromatic carbocycles. The SMILES string of the molecule is CCC(CC)CC(CNC)c1ccc(F)cc1. The molecule has 0 amide bonds. The number of likely N-dealkylation sites (N-methyl/N-ethyl adjacent to an activating group) is 1. The number of hydrogen-bond acceptors (Lipinski definition) is 1. The van der Waals surface area contributed by atoms with E-state index in [0.29, 0.717) is 5.92 Å². The average molecular weight is 237 g/mol. The van der Waals surface area contributed by atoms with Crippen LogP contribution in [0.4, 0.5) is 4.39 Å². The van der Waals surface area contributed by atoms with E-state index in [4.69, 9.17) is 0 Å². The lowest BCUT2D eigenvalue weighted by atomic mass is 9.86. The third-order valence-electron chi connectivity index (χ3n) is 3.56. The molecule has 2 heteroatoms. The Labute approximate surface area is 104 Å². The summed E-state index contributed by atoms with van der Waals surface area (Å²) < 4.78 is 12.9. The molecule has 0 aliphatic carbocycles. The van der Waals surface area contributed by atoms with Gasteiger partial charge in [0.15, 0.2) is 0 Å². The maximum Gasteiger partial charge on any atom is 0.123 e. The minimum atomic E-state index is -0.153. The summed E-state index contributed by atoms with van der Waals surface area (Å²) in [6.07, 6.45) is 3.62. The van der Waals surface area contributed by atoms with Gasteiger partial charge in [0.05, 0.1) is 0 Å². The monoisotopic (exact) mass is 237 g/mol.